The number of sulfonamides is 1. The van der Waals surface area contributed by atoms with Crippen LogP contribution < -0.4 is 4.74 Å². The SMILES string of the molecule is CC(C)c1cc(OCC(=O)N2CCN(C)CC2)cc2c1C(=O)N(COC(=O)c1c(Cl)cccc1Cl)S2(=O)=O. The predicted molar refractivity (Wildman–Crippen MR) is 140 cm³/mol. The van der Waals surface area contributed by atoms with Crippen molar-refractivity contribution in [2.75, 3.05) is 46.6 Å². The molecule has 10 nitrogen and oxygen atoms in total. The normalized spacial score (nSPS) is 17.1. The Bertz CT molecular complexity index is 1370. The predicted octanol–water partition coefficient (Wildman–Crippen LogP) is 3.23. The van der Waals surface area contributed by atoms with Crippen molar-refractivity contribution in [3.8, 4) is 5.75 Å². The maximum absolute atomic E-state index is 13.3. The number of carbonyl (C=O) groups is 3. The molecule has 0 saturated carbocycles. The van der Waals surface area contributed by atoms with Crippen molar-refractivity contribution >= 4 is 51.0 Å². The van der Waals surface area contributed by atoms with Gasteiger partial charge in [0.25, 0.3) is 21.8 Å². The zero-order chi connectivity index (χ0) is 27.8. The van der Waals surface area contributed by atoms with Crippen molar-refractivity contribution in [3.05, 3.63) is 57.1 Å². The van der Waals surface area contributed by atoms with E-state index in [1.807, 2.05) is 7.05 Å². The van der Waals surface area contributed by atoms with Crippen molar-refractivity contribution in [3.63, 3.8) is 0 Å². The van der Waals surface area contributed by atoms with E-state index >= 15 is 0 Å². The molecule has 0 N–H and O–H groups in total. The lowest BCUT2D eigenvalue weighted by molar-refractivity contribution is -0.134. The van der Waals surface area contributed by atoms with Crippen molar-refractivity contribution < 1.29 is 32.3 Å². The number of carbonyl (C=O) groups excluding carboxylic acids is 3. The fourth-order valence-corrected chi connectivity index (χ4v) is 6.26. The molecule has 0 atom stereocenters. The molecule has 0 radical (unpaired) electrons. The van der Waals surface area contributed by atoms with Gasteiger partial charge >= 0.3 is 5.97 Å². The summed E-state index contributed by atoms with van der Waals surface area (Å²) in [6.45, 7) is 5.14. The van der Waals surface area contributed by atoms with Gasteiger partial charge < -0.3 is 19.3 Å². The standard InChI is InChI=1S/C25H27Cl2N3O7S/c1-15(2)17-11-16(36-13-21(31)29-9-7-28(3)8-10-29)12-20-22(17)24(32)30(38(20,34)35)14-37-25(33)23-18(26)5-4-6-19(23)27/h4-6,11-12,15H,7-10,13-14H2,1-3H3. The Kier molecular flexibility index (Phi) is 8.22. The highest BCUT2D eigenvalue weighted by Gasteiger charge is 2.44. The van der Waals surface area contributed by atoms with Gasteiger partial charge in [-0.3, -0.25) is 9.59 Å². The van der Waals surface area contributed by atoms with Crippen molar-refractivity contribution in [1.29, 1.82) is 0 Å². The van der Waals surface area contributed by atoms with Gasteiger partial charge in [0.05, 0.1) is 21.2 Å². The van der Waals surface area contributed by atoms with E-state index in [4.69, 9.17) is 32.7 Å². The van der Waals surface area contributed by atoms with Gasteiger partial charge in [-0.05, 0) is 36.7 Å². The number of esters is 1. The van der Waals surface area contributed by atoms with Crippen LogP contribution in [-0.4, -0.2) is 86.9 Å². The second kappa shape index (κ2) is 11.1. The molecule has 38 heavy (non-hydrogen) atoms. The number of benzene rings is 2. The minimum Gasteiger partial charge on any atom is -0.484 e. The van der Waals surface area contributed by atoms with Gasteiger partial charge in [-0.2, -0.15) is 4.31 Å². The Hall–Kier alpha value is -2.86. The van der Waals surface area contributed by atoms with Gasteiger partial charge in [-0.15, -0.1) is 0 Å². The first-order valence-electron chi connectivity index (χ1n) is 11.9. The largest absolute Gasteiger partial charge is 0.484 e. The zero-order valence-corrected chi connectivity index (χ0v) is 23.4. The summed E-state index contributed by atoms with van der Waals surface area (Å²) in [6, 6.07) is 7.19. The van der Waals surface area contributed by atoms with Crippen LogP contribution in [0.5, 0.6) is 5.75 Å². The lowest BCUT2D eigenvalue weighted by Crippen LogP contribution is -2.48. The number of rotatable bonds is 7. The summed E-state index contributed by atoms with van der Waals surface area (Å²) in [6.07, 6.45) is 0. The molecule has 2 aliphatic rings. The first kappa shape index (κ1) is 28.2. The Labute approximate surface area is 231 Å². The second-order valence-corrected chi connectivity index (χ2v) is 12.0. The van der Waals surface area contributed by atoms with Crippen LogP contribution in [0.1, 0.15) is 46.0 Å². The summed E-state index contributed by atoms with van der Waals surface area (Å²) in [5.41, 5.74) is 0.270. The number of fused-ring (bicyclic) bond motifs is 1. The average molecular weight is 584 g/mol. The van der Waals surface area contributed by atoms with E-state index in [9.17, 15) is 22.8 Å². The molecule has 2 aromatic rings. The third kappa shape index (κ3) is 5.47. The second-order valence-electron chi connectivity index (χ2n) is 9.33. The molecule has 13 heteroatoms. The molecule has 2 aromatic carbocycles. The fourth-order valence-electron chi connectivity index (χ4n) is 4.24. The maximum Gasteiger partial charge on any atom is 0.342 e. The minimum absolute atomic E-state index is 0.0235. The smallest absolute Gasteiger partial charge is 0.342 e. The van der Waals surface area contributed by atoms with Crippen molar-refractivity contribution in [2.45, 2.75) is 24.7 Å². The molecule has 2 amide bonds. The fraction of sp³-hybridized carbons (Fsp3) is 0.400. The molecule has 1 saturated heterocycles. The molecule has 4 rings (SSSR count). The molecule has 0 spiro atoms. The summed E-state index contributed by atoms with van der Waals surface area (Å²) in [5, 5.41) is 0.0489. The summed E-state index contributed by atoms with van der Waals surface area (Å²) in [4.78, 5) is 42.0. The van der Waals surface area contributed by atoms with Crippen LogP contribution in [-0.2, 0) is 19.6 Å². The molecule has 2 aliphatic heterocycles. The number of nitrogens with zero attached hydrogens (tertiary/aromatic N) is 3. The third-order valence-electron chi connectivity index (χ3n) is 6.43. The van der Waals surface area contributed by atoms with E-state index in [2.05, 4.69) is 4.90 Å². The Balaban J connectivity index is 1.55. The molecular weight excluding hydrogens is 557 g/mol. The number of piperazine rings is 1. The lowest BCUT2D eigenvalue weighted by Gasteiger charge is -2.32. The Morgan fingerprint density at radius 2 is 1.68 bits per heavy atom. The zero-order valence-electron chi connectivity index (χ0n) is 21.1. The van der Waals surface area contributed by atoms with Crippen molar-refractivity contribution in [1.82, 2.24) is 14.1 Å². The van der Waals surface area contributed by atoms with Gasteiger partial charge in [-0.25, -0.2) is 13.2 Å². The number of amides is 2. The molecule has 0 bridgehead atoms. The molecule has 2 heterocycles. The Morgan fingerprint density at radius 3 is 2.29 bits per heavy atom. The van der Waals surface area contributed by atoms with Crippen LogP contribution in [0.3, 0.4) is 0 Å². The average Bonchev–Trinajstić information content (AvgIpc) is 3.05. The summed E-state index contributed by atoms with van der Waals surface area (Å²) < 4.78 is 38.0. The van der Waals surface area contributed by atoms with E-state index in [1.54, 1.807) is 30.9 Å². The monoisotopic (exact) mass is 583 g/mol. The quantitative estimate of drug-likeness (QED) is 0.456. The lowest BCUT2D eigenvalue weighted by atomic mass is 9.96. The van der Waals surface area contributed by atoms with Crippen LogP contribution in [0.2, 0.25) is 10.0 Å². The van der Waals surface area contributed by atoms with Crippen LogP contribution in [0.4, 0.5) is 0 Å². The van der Waals surface area contributed by atoms with E-state index in [1.165, 1.54) is 18.2 Å². The summed E-state index contributed by atoms with van der Waals surface area (Å²) in [5.74, 6) is -2.12. The molecular formula is C25H27Cl2N3O7S. The van der Waals surface area contributed by atoms with Crippen molar-refractivity contribution in [2.24, 2.45) is 0 Å². The van der Waals surface area contributed by atoms with Gasteiger partial charge in [-0.1, -0.05) is 43.1 Å². The highest BCUT2D eigenvalue weighted by atomic mass is 35.5. The number of hydrogen-bond acceptors (Lipinski definition) is 8. The number of ether oxygens (including phenoxy) is 2. The molecule has 204 valence electrons. The maximum atomic E-state index is 13.3. The van der Waals surface area contributed by atoms with Gasteiger partial charge in [0, 0.05) is 32.2 Å². The van der Waals surface area contributed by atoms with E-state index < -0.39 is 28.6 Å². The topological polar surface area (TPSA) is 114 Å². The van der Waals surface area contributed by atoms with Crippen LogP contribution in [0.15, 0.2) is 35.2 Å². The molecule has 1 fully saturated rings. The van der Waals surface area contributed by atoms with E-state index in [0.717, 1.165) is 13.1 Å². The summed E-state index contributed by atoms with van der Waals surface area (Å²) >= 11 is 12.1. The number of likely N-dealkylation sites (N-methyl/N-ethyl adjacent to an activating group) is 1. The minimum atomic E-state index is -4.38. The molecule has 0 unspecified atom stereocenters. The number of halogens is 2. The summed E-state index contributed by atoms with van der Waals surface area (Å²) in [7, 11) is -2.40. The third-order valence-corrected chi connectivity index (χ3v) is 8.79. The first-order valence-corrected chi connectivity index (χ1v) is 14.1. The van der Waals surface area contributed by atoms with Gasteiger partial charge in [0.15, 0.2) is 13.3 Å². The van der Waals surface area contributed by atoms with Crippen LogP contribution in [0.25, 0.3) is 0 Å². The molecule has 0 aliphatic carbocycles. The van der Waals surface area contributed by atoms with E-state index in [-0.39, 0.29) is 50.2 Å². The van der Waals surface area contributed by atoms with Crippen LogP contribution in [0, 0.1) is 0 Å². The highest BCUT2D eigenvalue weighted by molar-refractivity contribution is 7.90. The number of hydrogen-bond donors (Lipinski definition) is 0. The Morgan fingerprint density at radius 1 is 1.05 bits per heavy atom. The van der Waals surface area contributed by atoms with Crippen LogP contribution >= 0.6 is 23.2 Å². The molecule has 0 aromatic heterocycles. The first-order chi connectivity index (χ1) is 17.9. The van der Waals surface area contributed by atoms with Gasteiger partial charge in [0.2, 0.25) is 0 Å². The van der Waals surface area contributed by atoms with E-state index in [0.29, 0.717) is 23.0 Å². The highest BCUT2D eigenvalue weighted by Crippen LogP contribution is 2.39. The van der Waals surface area contributed by atoms with Gasteiger partial charge in [0.1, 0.15) is 10.6 Å².